The monoisotopic (exact) mass is 336 g/mol. The van der Waals surface area contributed by atoms with E-state index in [-0.39, 0.29) is 10.6 Å². The highest BCUT2D eigenvalue weighted by molar-refractivity contribution is 7.98. The van der Waals surface area contributed by atoms with Gasteiger partial charge in [0.15, 0.2) is 0 Å². The maximum Gasteiger partial charge on any atom is 0.269 e. The quantitative estimate of drug-likeness (QED) is 0.373. The summed E-state index contributed by atoms with van der Waals surface area (Å²) < 4.78 is 0. The maximum absolute atomic E-state index is 10.4. The Bertz CT molecular complexity index is 661. The average molecular weight is 336 g/mol. The van der Waals surface area contributed by atoms with Crippen LogP contribution in [0.1, 0.15) is 11.1 Å². The molecule has 0 aliphatic rings. The van der Waals surface area contributed by atoms with E-state index in [4.69, 9.17) is 5.73 Å². The number of hydrogen-bond acceptors (Lipinski definition) is 5. The summed E-state index contributed by atoms with van der Waals surface area (Å²) in [4.78, 5) is 12.4. The van der Waals surface area contributed by atoms with Gasteiger partial charge >= 0.3 is 0 Å². The second-order valence-electron chi connectivity index (χ2n) is 4.64. The van der Waals surface area contributed by atoms with Crippen molar-refractivity contribution in [1.82, 2.24) is 0 Å². The molecule has 2 N–H and O–H groups in total. The molecule has 0 spiro atoms. The second kappa shape index (κ2) is 8.70. The molecule has 118 valence electrons. The first kappa shape index (κ1) is 18.4. The van der Waals surface area contributed by atoms with Crippen molar-refractivity contribution in [2.24, 2.45) is 0 Å². The number of aryl methyl sites for hydroxylation is 2. The van der Waals surface area contributed by atoms with Gasteiger partial charge in [0.2, 0.25) is 0 Å². The van der Waals surface area contributed by atoms with E-state index in [0.717, 1.165) is 16.1 Å². The summed E-state index contributed by atoms with van der Waals surface area (Å²) in [5.41, 5.74) is 8.79. The molecule has 0 amide bonds. The van der Waals surface area contributed by atoms with Gasteiger partial charge < -0.3 is 5.73 Å². The Kier molecular flexibility index (Phi) is 7.27. The molecule has 0 bridgehead atoms. The lowest BCUT2D eigenvalue weighted by Crippen LogP contribution is -1.88. The minimum atomic E-state index is -0.378. The van der Waals surface area contributed by atoms with Gasteiger partial charge in [-0.3, -0.25) is 10.1 Å². The van der Waals surface area contributed by atoms with Crippen LogP contribution in [-0.4, -0.2) is 17.4 Å². The Morgan fingerprint density at radius 1 is 0.955 bits per heavy atom. The van der Waals surface area contributed by atoms with Gasteiger partial charge in [0.05, 0.1) is 4.92 Å². The highest BCUT2D eigenvalue weighted by Crippen LogP contribution is 2.23. The first-order valence-electron chi connectivity index (χ1n) is 6.58. The molecule has 0 atom stereocenters. The molecule has 0 heterocycles. The fraction of sp³-hybridized carbons (Fsp3) is 0.250. The van der Waals surface area contributed by atoms with Crippen molar-refractivity contribution in [3.05, 3.63) is 57.6 Å². The van der Waals surface area contributed by atoms with E-state index in [2.05, 4.69) is 19.2 Å². The van der Waals surface area contributed by atoms with E-state index >= 15 is 0 Å². The summed E-state index contributed by atoms with van der Waals surface area (Å²) in [6.45, 7) is 3.95. The molecule has 2 aromatic rings. The highest BCUT2D eigenvalue weighted by Gasteiger charge is 2.06. The molecule has 0 unspecified atom stereocenters. The maximum atomic E-state index is 10.4. The van der Waals surface area contributed by atoms with Crippen LogP contribution >= 0.6 is 23.5 Å². The molecule has 6 heteroatoms. The van der Waals surface area contributed by atoms with Gasteiger partial charge in [-0.25, -0.2) is 0 Å². The van der Waals surface area contributed by atoms with Crippen LogP contribution in [0.4, 0.5) is 11.4 Å². The van der Waals surface area contributed by atoms with Crippen molar-refractivity contribution >= 4 is 34.9 Å². The number of nitrogen functional groups attached to an aromatic ring is 1. The van der Waals surface area contributed by atoms with Crippen LogP contribution in [0, 0.1) is 24.0 Å². The fourth-order valence-electron chi connectivity index (χ4n) is 1.88. The summed E-state index contributed by atoms with van der Waals surface area (Å²) >= 11 is 3.34. The van der Waals surface area contributed by atoms with E-state index in [1.54, 1.807) is 35.7 Å². The van der Waals surface area contributed by atoms with Gasteiger partial charge in [0.1, 0.15) is 0 Å². The van der Waals surface area contributed by atoms with Gasteiger partial charge in [-0.2, -0.15) is 0 Å². The van der Waals surface area contributed by atoms with Gasteiger partial charge in [0.25, 0.3) is 5.69 Å². The van der Waals surface area contributed by atoms with Crippen molar-refractivity contribution in [3.63, 3.8) is 0 Å². The van der Waals surface area contributed by atoms with Crippen LogP contribution < -0.4 is 5.73 Å². The van der Waals surface area contributed by atoms with Crippen molar-refractivity contribution < 1.29 is 4.92 Å². The van der Waals surface area contributed by atoms with Crippen LogP contribution in [0.15, 0.2) is 46.2 Å². The number of hydrogen-bond donors (Lipinski definition) is 1. The van der Waals surface area contributed by atoms with E-state index in [1.165, 1.54) is 16.5 Å². The van der Waals surface area contributed by atoms with E-state index in [0.29, 0.717) is 0 Å². The third kappa shape index (κ3) is 5.27. The third-order valence-corrected chi connectivity index (χ3v) is 4.80. The molecule has 0 aliphatic carbocycles. The molecule has 2 rings (SSSR count). The average Bonchev–Trinajstić information content (AvgIpc) is 2.48. The van der Waals surface area contributed by atoms with E-state index in [1.807, 2.05) is 25.3 Å². The number of nitro groups is 1. The van der Waals surface area contributed by atoms with Crippen LogP contribution in [0.5, 0.6) is 0 Å². The first-order chi connectivity index (χ1) is 10.4. The normalized spacial score (nSPS) is 9.82. The largest absolute Gasteiger partial charge is 0.399 e. The standard InChI is InChI=1S/C8H9NO2S.C8H11NS/c1-6-5-7(9(10)11)3-4-8(6)12-2;1-6-5-7(9)3-4-8(6)10-2/h3-5H,1-2H3;3-5H,9H2,1-2H3. The van der Waals surface area contributed by atoms with Gasteiger partial charge in [-0.15, -0.1) is 23.5 Å². The minimum Gasteiger partial charge on any atom is -0.399 e. The number of rotatable bonds is 3. The summed E-state index contributed by atoms with van der Waals surface area (Å²) in [6, 6.07) is 10.9. The van der Waals surface area contributed by atoms with Gasteiger partial charge in [-0.05, 0) is 61.8 Å². The van der Waals surface area contributed by atoms with Crippen LogP contribution in [0.2, 0.25) is 0 Å². The number of nitrogens with zero attached hydrogens (tertiary/aromatic N) is 1. The molecule has 0 aromatic heterocycles. The smallest absolute Gasteiger partial charge is 0.269 e. The molecule has 22 heavy (non-hydrogen) atoms. The third-order valence-electron chi connectivity index (χ3n) is 3.01. The molecule has 0 fully saturated rings. The second-order valence-corrected chi connectivity index (χ2v) is 6.34. The number of anilines is 1. The molecule has 0 saturated heterocycles. The van der Waals surface area contributed by atoms with E-state index < -0.39 is 0 Å². The summed E-state index contributed by atoms with van der Waals surface area (Å²) in [5.74, 6) is 0. The minimum absolute atomic E-state index is 0.158. The predicted molar refractivity (Wildman–Crippen MR) is 97.0 cm³/mol. The van der Waals surface area contributed by atoms with Gasteiger partial charge in [-0.1, -0.05) is 0 Å². The number of nitrogens with two attached hydrogens (primary N) is 1. The highest BCUT2D eigenvalue weighted by atomic mass is 32.2. The molecule has 2 aromatic carbocycles. The van der Waals surface area contributed by atoms with Gasteiger partial charge in [0, 0.05) is 27.6 Å². The SMILES string of the molecule is CSc1ccc(N)cc1C.CSc1ccc([N+](=O)[O-])cc1C. The Labute approximate surface area is 139 Å². The number of nitro benzene ring substituents is 1. The van der Waals surface area contributed by atoms with Crippen LogP contribution in [0.25, 0.3) is 0 Å². The van der Waals surface area contributed by atoms with Crippen LogP contribution in [0.3, 0.4) is 0 Å². The van der Waals surface area contributed by atoms with Crippen molar-refractivity contribution in [2.75, 3.05) is 18.2 Å². The zero-order valence-corrected chi connectivity index (χ0v) is 14.8. The van der Waals surface area contributed by atoms with Crippen LogP contribution in [-0.2, 0) is 0 Å². The molecule has 0 aliphatic heterocycles. The Morgan fingerprint density at radius 2 is 1.45 bits per heavy atom. The summed E-state index contributed by atoms with van der Waals surface area (Å²) in [6.07, 6.45) is 4.02. The lowest BCUT2D eigenvalue weighted by molar-refractivity contribution is -0.385. The summed E-state index contributed by atoms with van der Waals surface area (Å²) in [7, 11) is 0. The topological polar surface area (TPSA) is 69.2 Å². The first-order valence-corrected chi connectivity index (χ1v) is 9.03. The van der Waals surface area contributed by atoms with E-state index in [9.17, 15) is 10.1 Å². The lowest BCUT2D eigenvalue weighted by Gasteiger charge is -2.01. The Balaban J connectivity index is 0.000000224. The predicted octanol–water partition coefficient (Wildman–Crippen LogP) is 4.92. The molecular formula is C16H20N2O2S2. The van der Waals surface area contributed by atoms with Crippen molar-refractivity contribution in [2.45, 2.75) is 23.6 Å². The fourth-order valence-corrected chi connectivity index (χ4v) is 3.05. The zero-order chi connectivity index (χ0) is 16.7. The number of thioether (sulfide) groups is 2. The van der Waals surface area contributed by atoms with Crippen molar-refractivity contribution in [1.29, 1.82) is 0 Å². The molecule has 0 saturated carbocycles. The Morgan fingerprint density at radius 3 is 1.86 bits per heavy atom. The summed E-state index contributed by atoms with van der Waals surface area (Å²) in [5, 5.41) is 10.4. The number of benzene rings is 2. The number of non-ortho nitro benzene ring substituents is 1. The molecule has 0 radical (unpaired) electrons. The Hall–Kier alpha value is -1.66. The molecular weight excluding hydrogens is 316 g/mol. The zero-order valence-electron chi connectivity index (χ0n) is 13.1. The van der Waals surface area contributed by atoms with Crippen molar-refractivity contribution in [3.8, 4) is 0 Å². The lowest BCUT2D eigenvalue weighted by atomic mass is 10.2. The molecule has 4 nitrogen and oxygen atoms in total.